The molecule has 0 radical (unpaired) electrons. The summed E-state index contributed by atoms with van der Waals surface area (Å²) in [6, 6.07) is 4.94. The van der Waals surface area contributed by atoms with Crippen LogP contribution in [-0.2, 0) is 25.7 Å². The molecule has 1 aliphatic heterocycles. The molecule has 0 spiro atoms. The molecule has 0 saturated heterocycles. The van der Waals surface area contributed by atoms with Gasteiger partial charge in [0.1, 0.15) is 17.2 Å². The van der Waals surface area contributed by atoms with E-state index in [1.54, 1.807) is 20.8 Å². The van der Waals surface area contributed by atoms with Gasteiger partial charge >= 0.3 is 12.3 Å². The van der Waals surface area contributed by atoms with Crippen LogP contribution in [0.25, 0.3) is 0 Å². The minimum absolute atomic E-state index is 0.0643. The molecule has 2 aromatic rings. The quantitative estimate of drug-likeness (QED) is 0.594. The number of ether oxygens (including phenoxy) is 2. The molecule has 2 aromatic carbocycles. The average Bonchev–Trinajstić information content (AvgIpc) is 2.70. The van der Waals surface area contributed by atoms with Crippen molar-refractivity contribution in [3.8, 4) is 5.75 Å². The lowest BCUT2D eigenvalue weighted by Crippen LogP contribution is -2.49. The highest BCUT2D eigenvalue weighted by atomic mass is 32.2. The van der Waals surface area contributed by atoms with E-state index in [0.29, 0.717) is 16.4 Å². The van der Waals surface area contributed by atoms with Gasteiger partial charge in [-0.3, -0.25) is 14.4 Å². The molecule has 3 N–H and O–H groups in total. The highest BCUT2D eigenvalue weighted by Crippen LogP contribution is 2.40. The van der Waals surface area contributed by atoms with Gasteiger partial charge in [-0.15, -0.1) is 0 Å². The van der Waals surface area contributed by atoms with Crippen LogP contribution in [0.5, 0.6) is 5.75 Å². The SMILES string of the molecule is CC(C)(C)OC(=O)Nc1ccc2c(c1)N(S(=O)(=O)c1ccc(F)c(C(F)(F)F)c1)C[C@H](C(N)=O)O2. The third kappa shape index (κ3) is 5.75. The molecule has 0 fully saturated rings. The van der Waals surface area contributed by atoms with Crippen molar-refractivity contribution in [2.75, 3.05) is 16.2 Å². The fourth-order valence-electron chi connectivity index (χ4n) is 3.14. The second kappa shape index (κ2) is 8.91. The van der Waals surface area contributed by atoms with Gasteiger partial charge in [0.25, 0.3) is 15.9 Å². The van der Waals surface area contributed by atoms with E-state index in [9.17, 15) is 35.6 Å². The molecule has 35 heavy (non-hydrogen) atoms. The summed E-state index contributed by atoms with van der Waals surface area (Å²) in [6.07, 6.45) is -7.48. The molecule has 0 aromatic heterocycles. The Balaban J connectivity index is 2.08. The average molecular weight is 519 g/mol. The maximum atomic E-state index is 13.7. The van der Waals surface area contributed by atoms with Crippen LogP contribution in [-0.4, -0.2) is 38.7 Å². The molecule has 1 atom stereocenters. The van der Waals surface area contributed by atoms with Gasteiger partial charge in [0, 0.05) is 5.69 Å². The highest BCUT2D eigenvalue weighted by Gasteiger charge is 2.40. The Bertz CT molecular complexity index is 1270. The van der Waals surface area contributed by atoms with E-state index in [1.165, 1.54) is 18.2 Å². The van der Waals surface area contributed by atoms with Gasteiger partial charge in [-0.1, -0.05) is 0 Å². The van der Waals surface area contributed by atoms with Crippen LogP contribution in [0.2, 0.25) is 0 Å². The normalized spacial score (nSPS) is 16.2. The minimum Gasteiger partial charge on any atom is -0.476 e. The number of nitrogens with one attached hydrogen (secondary N) is 1. The largest absolute Gasteiger partial charge is 0.476 e. The van der Waals surface area contributed by atoms with Gasteiger partial charge in [0.05, 0.1) is 22.7 Å². The lowest BCUT2D eigenvalue weighted by molar-refractivity contribution is -0.140. The number of carbonyl (C=O) groups is 2. The number of fused-ring (bicyclic) bond motifs is 1. The summed E-state index contributed by atoms with van der Waals surface area (Å²) >= 11 is 0. The van der Waals surface area contributed by atoms with E-state index >= 15 is 0 Å². The van der Waals surface area contributed by atoms with Crippen molar-refractivity contribution in [1.82, 2.24) is 0 Å². The zero-order chi connectivity index (χ0) is 26.3. The van der Waals surface area contributed by atoms with E-state index in [0.717, 1.165) is 0 Å². The maximum absolute atomic E-state index is 13.7. The number of nitrogens with zero attached hydrogens (tertiary/aromatic N) is 1. The van der Waals surface area contributed by atoms with Gasteiger partial charge < -0.3 is 15.2 Å². The van der Waals surface area contributed by atoms with Gasteiger partial charge in [-0.25, -0.2) is 17.6 Å². The predicted molar refractivity (Wildman–Crippen MR) is 116 cm³/mol. The highest BCUT2D eigenvalue weighted by molar-refractivity contribution is 7.92. The van der Waals surface area contributed by atoms with Crippen molar-refractivity contribution in [2.45, 2.75) is 43.5 Å². The van der Waals surface area contributed by atoms with Gasteiger partial charge in [-0.2, -0.15) is 13.2 Å². The number of benzene rings is 2. The van der Waals surface area contributed by atoms with Crippen molar-refractivity contribution in [2.24, 2.45) is 5.73 Å². The van der Waals surface area contributed by atoms with Gasteiger partial charge in [-0.05, 0) is 57.2 Å². The van der Waals surface area contributed by atoms with Crippen molar-refractivity contribution in [3.05, 3.63) is 47.8 Å². The number of anilines is 2. The number of rotatable bonds is 4. The summed E-state index contributed by atoms with van der Waals surface area (Å²) in [5, 5.41) is 2.40. The summed E-state index contributed by atoms with van der Waals surface area (Å²) in [5.41, 5.74) is 2.52. The Kier molecular flexibility index (Phi) is 6.63. The second-order valence-corrected chi connectivity index (χ2v) is 10.4. The van der Waals surface area contributed by atoms with Crippen LogP contribution in [0.4, 0.5) is 33.7 Å². The van der Waals surface area contributed by atoms with Crippen LogP contribution in [0.3, 0.4) is 0 Å². The molecule has 0 unspecified atom stereocenters. The van der Waals surface area contributed by atoms with Crippen LogP contribution in [0.15, 0.2) is 41.3 Å². The monoisotopic (exact) mass is 519 g/mol. The number of hydrogen-bond acceptors (Lipinski definition) is 6. The zero-order valence-electron chi connectivity index (χ0n) is 18.6. The summed E-state index contributed by atoms with van der Waals surface area (Å²) in [4.78, 5) is 23.0. The number of amides is 2. The van der Waals surface area contributed by atoms with E-state index in [-0.39, 0.29) is 23.2 Å². The summed E-state index contributed by atoms with van der Waals surface area (Å²) in [6.45, 7) is 4.20. The number of halogens is 4. The van der Waals surface area contributed by atoms with Crippen molar-refractivity contribution < 1.29 is 45.0 Å². The molecule has 14 heteroatoms. The van der Waals surface area contributed by atoms with E-state index in [1.807, 2.05) is 0 Å². The molecule has 1 heterocycles. The second-order valence-electron chi connectivity index (χ2n) is 8.49. The molecule has 1 aliphatic rings. The van der Waals surface area contributed by atoms with Crippen LogP contribution in [0, 0.1) is 5.82 Å². The lowest BCUT2D eigenvalue weighted by Gasteiger charge is -2.34. The number of primary amides is 1. The van der Waals surface area contributed by atoms with Crippen molar-refractivity contribution in [1.29, 1.82) is 0 Å². The van der Waals surface area contributed by atoms with Gasteiger partial charge in [0.2, 0.25) is 0 Å². The topological polar surface area (TPSA) is 128 Å². The maximum Gasteiger partial charge on any atom is 0.419 e. The number of carbonyl (C=O) groups excluding carboxylic acids is 2. The Labute approximate surface area is 197 Å². The number of sulfonamides is 1. The van der Waals surface area contributed by atoms with Crippen LogP contribution < -0.4 is 20.1 Å². The first-order valence-electron chi connectivity index (χ1n) is 9.98. The Morgan fingerprint density at radius 1 is 1.14 bits per heavy atom. The first-order chi connectivity index (χ1) is 16.0. The molecule has 0 aliphatic carbocycles. The Morgan fingerprint density at radius 2 is 1.80 bits per heavy atom. The molecule has 2 amide bonds. The number of nitrogens with two attached hydrogens (primary N) is 1. The first-order valence-corrected chi connectivity index (χ1v) is 11.4. The Hall–Kier alpha value is -3.55. The van der Waals surface area contributed by atoms with Crippen molar-refractivity contribution >= 4 is 33.4 Å². The molecular formula is C21H21F4N3O6S. The zero-order valence-corrected chi connectivity index (χ0v) is 19.5. The minimum atomic E-state index is -5.15. The summed E-state index contributed by atoms with van der Waals surface area (Å²) in [7, 11) is -4.78. The van der Waals surface area contributed by atoms with Crippen LogP contribution >= 0.6 is 0 Å². The van der Waals surface area contributed by atoms with Crippen LogP contribution in [0.1, 0.15) is 26.3 Å². The Morgan fingerprint density at radius 3 is 2.37 bits per heavy atom. The number of hydrogen-bond donors (Lipinski definition) is 2. The fraction of sp³-hybridized carbons (Fsp3) is 0.333. The lowest BCUT2D eigenvalue weighted by atomic mass is 10.2. The molecular weight excluding hydrogens is 498 g/mol. The standard InChI is InChI=1S/C21H21F4N3O6S/c1-20(2,3)34-19(30)27-11-4-7-16-15(8-11)28(10-17(33-16)18(26)29)35(31,32)12-5-6-14(22)13(9-12)21(23,24)25/h4-9,17H,10H2,1-3H3,(H2,26,29)(H,27,30)/t17-/m1/s1. The van der Waals surface area contributed by atoms with E-state index < -0.39 is 62.7 Å². The summed E-state index contributed by atoms with van der Waals surface area (Å²) < 4.78 is 91.1. The van der Waals surface area contributed by atoms with Gasteiger partial charge in [0.15, 0.2) is 6.10 Å². The van der Waals surface area contributed by atoms with Crippen molar-refractivity contribution in [3.63, 3.8) is 0 Å². The smallest absolute Gasteiger partial charge is 0.419 e. The third-order valence-electron chi connectivity index (χ3n) is 4.62. The summed E-state index contributed by atoms with van der Waals surface area (Å²) in [5.74, 6) is -2.82. The molecule has 0 bridgehead atoms. The molecule has 190 valence electrons. The molecule has 9 nitrogen and oxygen atoms in total. The first kappa shape index (κ1) is 26.1. The van der Waals surface area contributed by atoms with E-state index in [4.69, 9.17) is 15.2 Å². The predicted octanol–water partition coefficient (Wildman–Crippen LogP) is 3.63. The fourth-order valence-corrected chi connectivity index (χ4v) is 4.63. The third-order valence-corrected chi connectivity index (χ3v) is 6.40. The van der Waals surface area contributed by atoms with E-state index in [2.05, 4.69) is 5.32 Å². The number of alkyl halides is 3. The molecule has 3 rings (SSSR count). The molecule has 0 saturated carbocycles.